The first-order chi connectivity index (χ1) is 7.82. The van der Waals surface area contributed by atoms with Crippen molar-refractivity contribution in [2.75, 3.05) is 0 Å². The molecule has 4 nitrogen and oxygen atoms in total. The molecule has 3 N–H and O–H groups in total. The fraction of sp³-hybridized carbons (Fsp3) is 0.364. The lowest BCUT2D eigenvalue weighted by molar-refractivity contribution is -0.141. The van der Waals surface area contributed by atoms with E-state index in [1.807, 2.05) is 0 Å². The van der Waals surface area contributed by atoms with Gasteiger partial charge in [-0.05, 0) is 24.6 Å². The van der Waals surface area contributed by atoms with Crippen LogP contribution >= 0.6 is 11.6 Å². The highest BCUT2D eigenvalue weighted by molar-refractivity contribution is 6.31. The summed E-state index contributed by atoms with van der Waals surface area (Å²) in [6.07, 6.45) is -3.88. The largest absolute Gasteiger partial charge is 0.481 e. The molecule has 0 aliphatic heterocycles. The maximum Gasteiger partial charge on any atom is 0.306 e. The summed E-state index contributed by atoms with van der Waals surface area (Å²) in [4.78, 5) is 10.4. The average molecular weight is 263 g/mol. The second-order valence-electron chi connectivity index (χ2n) is 3.73. The van der Waals surface area contributed by atoms with E-state index in [4.69, 9.17) is 16.7 Å². The molecule has 17 heavy (non-hydrogen) atoms. The van der Waals surface area contributed by atoms with Crippen LogP contribution < -0.4 is 0 Å². The predicted molar refractivity (Wildman–Crippen MR) is 59.4 cm³/mol. The maximum absolute atomic E-state index is 13.5. The first-order valence-electron chi connectivity index (χ1n) is 4.86. The monoisotopic (exact) mass is 262 g/mol. The van der Waals surface area contributed by atoms with Gasteiger partial charge in [-0.2, -0.15) is 0 Å². The Bertz CT molecular complexity index is 436. The molecular weight excluding hydrogens is 251 g/mol. The summed E-state index contributed by atoms with van der Waals surface area (Å²) in [5.74, 6) is -2.01. The van der Waals surface area contributed by atoms with Crippen LogP contribution in [0.5, 0.6) is 0 Å². The van der Waals surface area contributed by atoms with Gasteiger partial charge in [0.05, 0.1) is 12.5 Å². The van der Waals surface area contributed by atoms with Crippen molar-refractivity contribution in [3.63, 3.8) is 0 Å². The summed E-state index contributed by atoms with van der Waals surface area (Å²) in [7, 11) is 0. The lowest BCUT2D eigenvalue weighted by Gasteiger charge is -2.17. The number of aliphatic carboxylic acids is 1. The molecule has 0 bridgehead atoms. The third-order valence-electron chi connectivity index (χ3n) is 2.34. The van der Waals surface area contributed by atoms with Crippen molar-refractivity contribution in [3.05, 3.63) is 34.1 Å². The van der Waals surface area contributed by atoms with Gasteiger partial charge in [-0.3, -0.25) is 4.79 Å². The molecule has 0 aliphatic rings. The molecule has 0 fully saturated rings. The quantitative estimate of drug-likeness (QED) is 0.771. The highest BCUT2D eigenvalue weighted by Gasteiger charge is 2.24. The smallest absolute Gasteiger partial charge is 0.306 e. The number of hydrogen-bond acceptors (Lipinski definition) is 3. The Morgan fingerprint density at radius 2 is 2.06 bits per heavy atom. The topological polar surface area (TPSA) is 77.8 Å². The van der Waals surface area contributed by atoms with E-state index in [1.165, 1.54) is 6.07 Å². The standard InChI is InChI=1S/C11H12ClFO4/c1-5-2-8(13)6(3-7(5)12)11(17)9(14)4-10(15)16/h2-3,9,11,14,17H,4H2,1H3,(H,15,16). The second-order valence-corrected chi connectivity index (χ2v) is 4.14. The third-order valence-corrected chi connectivity index (χ3v) is 2.75. The first kappa shape index (κ1) is 13.9. The Hall–Kier alpha value is -1.17. The van der Waals surface area contributed by atoms with Gasteiger partial charge < -0.3 is 15.3 Å². The minimum Gasteiger partial charge on any atom is -0.481 e. The number of carboxylic acids is 1. The Kier molecular flexibility index (Phi) is 4.45. The molecule has 0 aromatic heterocycles. The summed E-state index contributed by atoms with van der Waals surface area (Å²) >= 11 is 5.76. The summed E-state index contributed by atoms with van der Waals surface area (Å²) in [5, 5.41) is 27.7. The molecule has 0 saturated heterocycles. The summed E-state index contributed by atoms with van der Waals surface area (Å²) < 4.78 is 13.5. The van der Waals surface area contributed by atoms with Crippen molar-refractivity contribution in [1.82, 2.24) is 0 Å². The van der Waals surface area contributed by atoms with Gasteiger partial charge in [-0.15, -0.1) is 0 Å². The molecule has 2 unspecified atom stereocenters. The fourth-order valence-corrected chi connectivity index (χ4v) is 1.56. The zero-order valence-corrected chi connectivity index (χ0v) is 9.78. The van der Waals surface area contributed by atoms with Crippen LogP contribution in [-0.2, 0) is 4.79 Å². The first-order valence-corrected chi connectivity index (χ1v) is 5.24. The highest BCUT2D eigenvalue weighted by Crippen LogP contribution is 2.27. The van der Waals surface area contributed by atoms with Gasteiger partial charge in [0, 0.05) is 10.6 Å². The summed E-state index contributed by atoms with van der Waals surface area (Å²) in [6, 6.07) is 2.30. The van der Waals surface area contributed by atoms with Crippen molar-refractivity contribution < 1.29 is 24.5 Å². The number of aryl methyl sites for hydroxylation is 1. The Balaban J connectivity index is 2.99. The zero-order valence-electron chi connectivity index (χ0n) is 9.02. The molecule has 2 atom stereocenters. The third kappa shape index (κ3) is 3.39. The van der Waals surface area contributed by atoms with Crippen LogP contribution in [0.25, 0.3) is 0 Å². The molecule has 0 spiro atoms. The van der Waals surface area contributed by atoms with E-state index >= 15 is 0 Å². The second kappa shape index (κ2) is 5.44. The number of rotatable bonds is 4. The number of benzene rings is 1. The van der Waals surface area contributed by atoms with Gasteiger partial charge in [-0.25, -0.2) is 4.39 Å². The van der Waals surface area contributed by atoms with E-state index in [9.17, 15) is 19.4 Å². The van der Waals surface area contributed by atoms with Crippen molar-refractivity contribution >= 4 is 17.6 Å². The minimum absolute atomic E-state index is 0.214. The van der Waals surface area contributed by atoms with Crippen LogP contribution in [0.15, 0.2) is 12.1 Å². The SMILES string of the molecule is Cc1cc(F)c(C(O)C(O)CC(=O)O)cc1Cl. The van der Waals surface area contributed by atoms with Crippen molar-refractivity contribution in [1.29, 1.82) is 0 Å². The number of halogens is 2. The molecule has 0 radical (unpaired) electrons. The van der Waals surface area contributed by atoms with Crippen LogP contribution in [0.1, 0.15) is 23.7 Å². The van der Waals surface area contributed by atoms with Gasteiger partial charge in [0.25, 0.3) is 0 Å². The van der Waals surface area contributed by atoms with E-state index in [2.05, 4.69) is 0 Å². The van der Waals surface area contributed by atoms with Crippen LogP contribution in [0.2, 0.25) is 5.02 Å². The molecular formula is C11H12ClFO4. The lowest BCUT2D eigenvalue weighted by atomic mass is 10.0. The zero-order chi connectivity index (χ0) is 13.2. The Labute approximate surface area is 102 Å². The van der Waals surface area contributed by atoms with Gasteiger partial charge in [-0.1, -0.05) is 11.6 Å². The molecule has 1 aromatic rings. The molecule has 0 saturated carbocycles. The predicted octanol–water partition coefficient (Wildman–Crippen LogP) is 1.66. The number of carboxylic acid groups (broad SMARTS) is 1. The van der Waals surface area contributed by atoms with Gasteiger partial charge in [0.1, 0.15) is 11.9 Å². The lowest BCUT2D eigenvalue weighted by Crippen LogP contribution is -2.22. The van der Waals surface area contributed by atoms with Crippen molar-refractivity contribution in [2.24, 2.45) is 0 Å². The van der Waals surface area contributed by atoms with Crippen molar-refractivity contribution in [2.45, 2.75) is 25.6 Å². The van der Waals surface area contributed by atoms with Crippen LogP contribution in [0.3, 0.4) is 0 Å². The van der Waals surface area contributed by atoms with Crippen molar-refractivity contribution in [3.8, 4) is 0 Å². The number of aliphatic hydroxyl groups is 2. The number of hydrogen-bond donors (Lipinski definition) is 3. The van der Waals surface area contributed by atoms with E-state index in [1.54, 1.807) is 6.92 Å². The maximum atomic E-state index is 13.5. The number of carbonyl (C=O) groups is 1. The van der Waals surface area contributed by atoms with Gasteiger partial charge >= 0.3 is 5.97 Å². The van der Waals surface area contributed by atoms with Gasteiger partial charge in [0.2, 0.25) is 0 Å². The van der Waals surface area contributed by atoms with E-state index in [-0.39, 0.29) is 10.6 Å². The Morgan fingerprint density at radius 1 is 1.47 bits per heavy atom. The van der Waals surface area contributed by atoms with Crippen LogP contribution in [0, 0.1) is 12.7 Å². The number of aliphatic hydroxyl groups excluding tert-OH is 2. The fourth-order valence-electron chi connectivity index (χ4n) is 1.39. The molecule has 1 rings (SSSR count). The molecule has 6 heteroatoms. The molecule has 0 aliphatic carbocycles. The molecule has 94 valence electrons. The minimum atomic E-state index is -1.62. The van der Waals surface area contributed by atoms with E-state index < -0.39 is 30.4 Å². The highest BCUT2D eigenvalue weighted by atomic mass is 35.5. The molecule has 0 heterocycles. The van der Waals surface area contributed by atoms with Crippen LogP contribution in [0.4, 0.5) is 4.39 Å². The van der Waals surface area contributed by atoms with Crippen LogP contribution in [-0.4, -0.2) is 27.4 Å². The van der Waals surface area contributed by atoms with Gasteiger partial charge in [0.15, 0.2) is 0 Å². The average Bonchev–Trinajstić information content (AvgIpc) is 2.21. The normalized spacial score (nSPS) is 14.4. The van der Waals surface area contributed by atoms with E-state index in [0.29, 0.717) is 5.56 Å². The summed E-state index contributed by atoms with van der Waals surface area (Å²) in [5.41, 5.74) is 0.280. The molecule has 1 aromatic carbocycles. The summed E-state index contributed by atoms with van der Waals surface area (Å²) in [6.45, 7) is 1.59. The Morgan fingerprint density at radius 3 is 2.59 bits per heavy atom. The molecule has 0 amide bonds. The van der Waals surface area contributed by atoms with E-state index in [0.717, 1.165) is 6.07 Å².